The number of aliphatic hydroxyl groups is 1. The highest BCUT2D eigenvalue weighted by Gasteiger charge is 2.07. The molecule has 3 rings (SSSR count). The molecule has 0 unspecified atom stereocenters. The van der Waals surface area contributed by atoms with Crippen LogP contribution in [0.2, 0.25) is 0 Å². The molecule has 0 spiro atoms. The maximum absolute atomic E-state index is 12.3. The summed E-state index contributed by atoms with van der Waals surface area (Å²) >= 11 is 0. The van der Waals surface area contributed by atoms with Crippen LogP contribution in [0.1, 0.15) is 21.5 Å². The third kappa shape index (κ3) is 3.82. The highest BCUT2D eigenvalue weighted by molar-refractivity contribution is 5.94. The molecule has 0 aliphatic rings. The quantitative estimate of drug-likeness (QED) is 0.709. The summed E-state index contributed by atoms with van der Waals surface area (Å²) in [6, 6.07) is 14.8. The predicted octanol–water partition coefficient (Wildman–Crippen LogP) is 1.13. The van der Waals surface area contributed by atoms with Crippen molar-refractivity contribution in [1.82, 2.24) is 25.5 Å². The van der Waals surface area contributed by atoms with Gasteiger partial charge in [0, 0.05) is 12.1 Å². The molecule has 2 aromatic carbocycles. The average molecular weight is 323 g/mol. The number of carbonyl (C=O) groups is 1. The highest BCUT2D eigenvalue weighted by Crippen LogP contribution is 2.09. The van der Waals surface area contributed by atoms with Gasteiger partial charge in [-0.05, 0) is 46.2 Å². The minimum Gasteiger partial charge on any atom is -0.392 e. The Kier molecular flexibility index (Phi) is 4.93. The Morgan fingerprint density at radius 1 is 1.12 bits per heavy atom. The Morgan fingerprint density at radius 3 is 2.62 bits per heavy atom. The molecule has 1 aromatic heterocycles. The zero-order chi connectivity index (χ0) is 16.8. The lowest BCUT2D eigenvalue weighted by atomic mass is 10.1. The fraction of sp³-hybridized carbons (Fsp3) is 0.176. The van der Waals surface area contributed by atoms with Crippen LogP contribution in [0, 0.1) is 0 Å². The second-order valence-electron chi connectivity index (χ2n) is 5.29. The monoisotopic (exact) mass is 323 g/mol. The number of aliphatic hydroxyl groups excluding tert-OH is 1. The van der Waals surface area contributed by atoms with E-state index < -0.39 is 0 Å². The van der Waals surface area contributed by atoms with Crippen molar-refractivity contribution in [3.8, 4) is 5.69 Å². The van der Waals surface area contributed by atoms with Gasteiger partial charge in [0.1, 0.15) is 6.33 Å². The molecule has 122 valence electrons. The van der Waals surface area contributed by atoms with Crippen molar-refractivity contribution in [2.75, 3.05) is 6.54 Å². The number of tetrazole rings is 1. The number of hydrogen-bond donors (Lipinski definition) is 2. The molecule has 0 radical (unpaired) electrons. The van der Waals surface area contributed by atoms with E-state index in [1.54, 1.807) is 18.2 Å². The van der Waals surface area contributed by atoms with E-state index in [0.717, 1.165) is 23.2 Å². The van der Waals surface area contributed by atoms with Gasteiger partial charge in [-0.25, -0.2) is 4.68 Å². The average Bonchev–Trinajstić information content (AvgIpc) is 3.17. The van der Waals surface area contributed by atoms with Crippen LogP contribution in [-0.4, -0.2) is 37.8 Å². The van der Waals surface area contributed by atoms with E-state index in [4.69, 9.17) is 5.11 Å². The lowest BCUT2D eigenvalue weighted by Gasteiger charge is -2.07. The first kappa shape index (κ1) is 15.8. The number of amides is 1. The van der Waals surface area contributed by atoms with Crippen molar-refractivity contribution in [3.05, 3.63) is 71.5 Å². The molecule has 0 saturated heterocycles. The molecule has 3 aromatic rings. The van der Waals surface area contributed by atoms with Gasteiger partial charge in [-0.2, -0.15) is 0 Å². The SMILES string of the molecule is O=C(NCCc1ccc(CO)cc1)c1cccc(-n2cnnn2)c1. The van der Waals surface area contributed by atoms with Crippen molar-refractivity contribution in [2.24, 2.45) is 0 Å². The van der Waals surface area contributed by atoms with Crippen molar-refractivity contribution >= 4 is 5.91 Å². The van der Waals surface area contributed by atoms with E-state index in [9.17, 15) is 4.79 Å². The summed E-state index contributed by atoms with van der Waals surface area (Å²) in [6.07, 6.45) is 2.21. The second kappa shape index (κ2) is 7.47. The van der Waals surface area contributed by atoms with Crippen molar-refractivity contribution in [3.63, 3.8) is 0 Å². The van der Waals surface area contributed by atoms with Gasteiger partial charge in [-0.1, -0.05) is 30.3 Å². The maximum atomic E-state index is 12.3. The first-order valence-electron chi connectivity index (χ1n) is 7.56. The fourth-order valence-electron chi connectivity index (χ4n) is 2.30. The smallest absolute Gasteiger partial charge is 0.251 e. The third-order valence-electron chi connectivity index (χ3n) is 3.63. The van der Waals surface area contributed by atoms with Crippen LogP contribution in [0.15, 0.2) is 54.9 Å². The normalized spacial score (nSPS) is 10.5. The first-order chi connectivity index (χ1) is 11.8. The van der Waals surface area contributed by atoms with E-state index in [2.05, 4.69) is 20.8 Å². The van der Waals surface area contributed by atoms with Crippen LogP contribution in [0.3, 0.4) is 0 Å². The maximum Gasteiger partial charge on any atom is 0.251 e. The largest absolute Gasteiger partial charge is 0.392 e. The minimum absolute atomic E-state index is 0.0364. The molecule has 7 nitrogen and oxygen atoms in total. The predicted molar refractivity (Wildman–Crippen MR) is 87.6 cm³/mol. The molecular formula is C17H17N5O2. The summed E-state index contributed by atoms with van der Waals surface area (Å²) in [5, 5.41) is 22.9. The Balaban J connectivity index is 1.58. The molecule has 1 heterocycles. The summed E-state index contributed by atoms with van der Waals surface area (Å²) in [7, 11) is 0. The summed E-state index contributed by atoms with van der Waals surface area (Å²) in [6.45, 7) is 0.570. The fourth-order valence-corrected chi connectivity index (χ4v) is 2.30. The number of hydrogen-bond acceptors (Lipinski definition) is 5. The van der Waals surface area contributed by atoms with Crippen LogP contribution in [0.4, 0.5) is 0 Å². The van der Waals surface area contributed by atoms with Gasteiger partial charge in [0.15, 0.2) is 0 Å². The summed E-state index contributed by atoms with van der Waals surface area (Å²) in [4.78, 5) is 12.3. The second-order valence-corrected chi connectivity index (χ2v) is 5.29. The molecule has 0 atom stereocenters. The van der Waals surface area contributed by atoms with E-state index in [0.29, 0.717) is 12.1 Å². The Bertz CT molecular complexity index is 800. The van der Waals surface area contributed by atoms with Gasteiger partial charge in [0.25, 0.3) is 5.91 Å². The zero-order valence-electron chi connectivity index (χ0n) is 13.0. The van der Waals surface area contributed by atoms with Crippen molar-refractivity contribution in [1.29, 1.82) is 0 Å². The molecule has 2 N–H and O–H groups in total. The van der Waals surface area contributed by atoms with Gasteiger partial charge in [-0.15, -0.1) is 5.10 Å². The molecule has 0 aliphatic heterocycles. The first-order valence-corrected chi connectivity index (χ1v) is 7.56. The highest BCUT2D eigenvalue weighted by atomic mass is 16.3. The Morgan fingerprint density at radius 2 is 1.92 bits per heavy atom. The van der Waals surface area contributed by atoms with Crippen LogP contribution in [0.5, 0.6) is 0 Å². The number of rotatable bonds is 6. The number of aromatic nitrogens is 4. The molecule has 0 fully saturated rings. The molecule has 0 saturated carbocycles. The van der Waals surface area contributed by atoms with Crippen LogP contribution < -0.4 is 5.32 Å². The van der Waals surface area contributed by atoms with Gasteiger partial charge in [-0.3, -0.25) is 4.79 Å². The minimum atomic E-state index is -0.142. The van der Waals surface area contributed by atoms with E-state index >= 15 is 0 Å². The molecule has 0 aliphatic carbocycles. The number of benzene rings is 2. The zero-order valence-corrected chi connectivity index (χ0v) is 13.0. The lowest BCUT2D eigenvalue weighted by Crippen LogP contribution is -2.25. The number of carbonyl (C=O) groups excluding carboxylic acids is 1. The Hall–Kier alpha value is -3.06. The van der Waals surface area contributed by atoms with E-state index in [1.807, 2.05) is 30.3 Å². The topological polar surface area (TPSA) is 92.9 Å². The molecule has 0 bridgehead atoms. The third-order valence-corrected chi connectivity index (χ3v) is 3.63. The van der Waals surface area contributed by atoms with Crippen molar-refractivity contribution < 1.29 is 9.90 Å². The summed E-state index contributed by atoms with van der Waals surface area (Å²) < 4.78 is 1.50. The van der Waals surface area contributed by atoms with Gasteiger partial charge >= 0.3 is 0 Å². The summed E-state index contributed by atoms with van der Waals surface area (Å²) in [5.74, 6) is -0.142. The van der Waals surface area contributed by atoms with Crippen molar-refractivity contribution in [2.45, 2.75) is 13.0 Å². The lowest BCUT2D eigenvalue weighted by molar-refractivity contribution is 0.0954. The Labute approximate surface area is 138 Å². The van der Waals surface area contributed by atoms with E-state index in [1.165, 1.54) is 11.0 Å². The van der Waals surface area contributed by atoms with Crippen LogP contribution >= 0.6 is 0 Å². The molecular weight excluding hydrogens is 306 g/mol. The molecule has 24 heavy (non-hydrogen) atoms. The van der Waals surface area contributed by atoms with Crippen LogP contribution in [-0.2, 0) is 13.0 Å². The molecule has 1 amide bonds. The summed E-state index contributed by atoms with van der Waals surface area (Å²) in [5.41, 5.74) is 3.27. The number of nitrogens with one attached hydrogen (secondary N) is 1. The number of nitrogens with zero attached hydrogens (tertiary/aromatic N) is 4. The van der Waals surface area contributed by atoms with Crippen LogP contribution in [0.25, 0.3) is 5.69 Å². The van der Waals surface area contributed by atoms with Gasteiger partial charge in [0.05, 0.1) is 12.3 Å². The van der Waals surface area contributed by atoms with Gasteiger partial charge < -0.3 is 10.4 Å². The standard InChI is InChI=1S/C17H17N5O2/c23-11-14-6-4-13(5-7-14)8-9-18-17(24)15-2-1-3-16(10-15)22-12-19-20-21-22/h1-7,10,12,23H,8-9,11H2,(H,18,24). The molecule has 7 heteroatoms. The van der Waals surface area contributed by atoms with E-state index in [-0.39, 0.29) is 12.5 Å². The van der Waals surface area contributed by atoms with Gasteiger partial charge in [0.2, 0.25) is 0 Å².